The summed E-state index contributed by atoms with van der Waals surface area (Å²) in [6.07, 6.45) is 2.78. The zero-order valence-corrected chi connectivity index (χ0v) is 9.60. The lowest BCUT2D eigenvalue weighted by Crippen LogP contribution is -2.37. The zero-order chi connectivity index (χ0) is 10.5. The van der Waals surface area contributed by atoms with Crippen LogP contribution in [-0.2, 0) is 9.84 Å². The highest BCUT2D eigenvalue weighted by atomic mass is 32.2. The van der Waals surface area contributed by atoms with Gasteiger partial charge in [-0.05, 0) is 20.3 Å². The van der Waals surface area contributed by atoms with Gasteiger partial charge in [0.05, 0.1) is 11.0 Å². The summed E-state index contributed by atoms with van der Waals surface area (Å²) in [4.78, 5) is 0. The van der Waals surface area contributed by atoms with Crippen LogP contribution in [0.3, 0.4) is 0 Å². The number of hydrogen-bond donors (Lipinski definition) is 1. The molecule has 4 heteroatoms. The van der Waals surface area contributed by atoms with Gasteiger partial charge in [0.1, 0.15) is 0 Å². The highest BCUT2D eigenvalue weighted by molar-refractivity contribution is 7.92. The van der Waals surface area contributed by atoms with Crippen molar-refractivity contribution in [2.45, 2.75) is 51.3 Å². The van der Waals surface area contributed by atoms with Gasteiger partial charge < -0.3 is 5.73 Å². The van der Waals surface area contributed by atoms with Gasteiger partial charge in [0.25, 0.3) is 0 Å². The highest BCUT2D eigenvalue weighted by Gasteiger charge is 2.23. The van der Waals surface area contributed by atoms with E-state index >= 15 is 0 Å². The minimum Gasteiger partial charge on any atom is -0.327 e. The number of hydrogen-bond acceptors (Lipinski definition) is 3. The monoisotopic (exact) mass is 207 g/mol. The summed E-state index contributed by atoms with van der Waals surface area (Å²) >= 11 is 0. The molecule has 0 aromatic carbocycles. The first-order valence-electron chi connectivity index (χ1n) is 4.89. The van der Waals surface area contributed by atoms with Crippen LogP contribution in [0, 0.1) is 0 Å². The van der Waals surface area contributed by atoms with Crippen LogP contribution < -0.4 is 5.73 Å². The summed E-state index contributed by atoms with van der Waals surface area (Å²) in [5.74, 6) is 0.281. The summed E-state index contributed by atoms with van der Waals surface area (Å²) in [6.45, 7) is 5.48. The van der Waals surface area contributed by atoms with Crippen molar-refractivity contribution in [2.75, 3.05) is 5.75 Å². The summed E-state index contributed by atoms with van der Waals surface area (Å²) in [7, 11) is -2.96. The molecule has 0 aliphatic rings. The molecule has 3 nitrogen and oxygen atoms in total. The van der Waals surface area contributed by atoms with E-state index in [2.05, 4.69) is 6.92 Å². The lowest BCUT2D eigenvalue weighted by Gasteiger charge is -2.15. The largest absolute Gasteiger partial charge is 0.327 e. The fraction of sp³-hybridized carbons (Fsp3) is 1.00. The van der Waals surface area contributed by atoms with Crippen molar-refractivity contribution in [2.24, 2.45) is 5.73 Å². The van der Waals surface area contributed by atoms with Crippen LogP contribution in [0.15, 0.2) is 0 Å². The number of unbranched alkanes of at least 4 members (excludes halogenated alkanes) is 2. The molecule has 80 valence electrons. The molecule has 2 unspecified atom stereocenters. The fourth-order valence-electron chi connectivity index (χ4n) is 1.07. The number of rotatable bonds is 6. The maximum absolute atomic E-state index is 11.6. The lowest BCUT2D eigenvalue weighted by atomic mass is 10.3. The van der Waals surface area contributed by atoms with E-state index < -0.39 is 15.1 Å². The molecule has 2 N–H and O–H groups in total. The van der Waals surface area contributed by atoms with Crippen LogP contribution in [0.4, 0.5) is 0 Å². The highest BCUT2D eigenvalue weighted by Crippen LogP contribution is 2.08. The Morgan fingerprint density at radius 3 is 2.15 bits per heavy atom. The molecular weight excluding hydrogens is 186 g/mol. The first-order valence-corrected chi connectivity index (χ1v) is 6.60. The predicted octanol–water partition coefficient (Wildman–Crippen LogP) is 1.33. The zero-order valence-electron chi connectivity index (χ0n) is 8.79. The normalized spacial score (nSPS) is 16.9. The molecule has 0 saturated heterocycles. The Balaban J connectivity index is 4.08. The molecule has 0 aliphatic heterocycles. The predicted molar refractivity (Wildman–Crippen MR) is 56.4 cm³/mol. The van der Waals surface area contributed by atoms with Crippen LogP contribution in [-0.4, -0.2) is 25.5 Å². The van der Waals surface area contributed by atoms with E-state index in [0.717, 1.165) is 19.3 Å². The molecule has 0 aliphatic carbocycles. The summed E-state index contributed by atoms with van der Waals surface area (Å²) in [5.41, 5.74) is 5.55. The maximum Gasteiger partial charge on any atom is 0.154 e. The van der Waals surface area contributed by atoms with Crippen molar-refractivity contribution in [3.8, 4) is 0 Å². The number of sulfone groups is 1. The van der Waals surface area contributed by atoms with Crippen LogP contribution in [0.1, 0.15) is 40.0 Å². The molecular formula is C9H21NO2S. The van der Waals surface area contributed by atoms with Crippen molar-refractivity contribution in [1.82, 2.24) is 0 Å². The Kier molecular flexibility index (Phi) is 5.56. The summed E-state index contributed by atoms with van der Waals surface area (Å²) < 4.78 is 23.1. The molecule has 0 radical (unpaired) electrons. The second-order valence-corrected chi connectivity index (χ2v) is 6.12. The maximum atomic E-state index is 11.6. The van der Waals surface area contributed by atoms with Crippen LogP contribution >= 0.6 is 0 Å². The van der Waals surface area contributed by atoms with E-state index in [4.69, 9.17) is 5.73 Å². The standard InChI is InChI=1S/C9H21NO2S/c1-4-5-6-7-13(11,12)9(3)8(2)10/h8-9H,4-7,10H2,1-3H3. The van der Waals surface area contributed by atoms with Crippen molar-refractivity contribution in [3.63, 3.8) is 0 Å². The van der Waals surface area contributed by atoms with E-state index in [9.17, 15) is 8.42 Å². The minimum absolute atomic E-state index is 0.272. The van der Waals surface area contributed by atoms with Crippen LogP contribution in [0.2, 0.25) is 0 Å². The van der Waals surface area contributed by atoms with Gasteiger partial charge in [-0.2, -0.15) is 0 Å². The Labute approximate surface area is 81.6 Å². The van der Waals surface area contributed by atoms with Gasteiger partial charge in [0, 0.05) is 6.04 Å². The molecule has 0 rings (SSSR count). The average Bonchev–Trinajstić information content (AvgIpc) is 2.03. The van der Waals surface area contributed by atoms with E-state index in [1.54, 1.807) is 13.8 Å². The molecule has 0 heterocycles. The Morgan fingerprint density at radius 2 is 1.77 bits per heavy atom. The van der Waals surface area contributed by atoms with E-state index in [1.165, 1.54) is 0 Å². The molecule has 0 bridgehead atoms. The third kappa shape index (κ3) is 4.62. The first-order chi connectivity index (χ1) is 5.91. The SMILES string of the molecule is CCCCCS(=O)(=O)C(C)C(C)N. The molecule has 13 heavy (non-hydrogen) atoms. The van der Waals surface area contributed by atoms with Gasteiger partial charge in [-0.25, -0.2) is 8.42 Å². The molecule has 0 aromatic rings. The Hall–Kier alpha value is -0.0900. The Bertz CT molecular complexity index is 222. The number of nitrogens with two attached hydrogens (primary N) is 1. The van der Waals surface area contributed by atoms with Crippen molar-refractivity contribution >= 4 is 9.84 Å². The molecule has 0 spiro atoms. The van der Waals surface area contributed by atoms with Crippen molar-refractivity contribution < 1.29 is 8.42 Å². The van der Waals surface area contributed by atoms with Gasteiger partial charge >= 0.3 is 0 Å². The van der Waals surface area contributed by atoms with E-state index in [0.29, 0.717) is 0 Å². The van der Waals surface area contributed by atoms with Gasteiger partial charge in [-0.3, -0.25) is 0 Å². The summed E-state index contributed by atoms with van der Waals surface area (Å²) in [5, 5.41) is -0.413. The van der Waals surface area contributed by atoms with Gasteiger partial charge in [0.2, 0.25) is 0 Å². The minimum atomic E-state index is -2.96. The molecule has 0 saturated carbocycles. The van der Waals surface area contributed by atoms with Gasteiger partial charge in [-0.1, -0.05) is 19.8 Å². The third-order valence-electron chi connectivity index (χ3n) is 2.34. The smallest absolute Gasteiger partial charge is 0.154 e. The lowest BCUT2D eigenvalue weighted by molar-refractivity contribution is 0.564. The molecule has 2 atom stereocenters. The average molecular weight is 207 g/mol. The Morgan fingerprint density at radius 1 is 1.23 bits per heavy atom. The van der Waals surface area contributed by atoms with Crippen LogP contribution in [0.25, 0.3) is 0 Å². The quantitative estimate of drug-likeness (QED) is 0.668. The van der Waals surface area contributed by atoms with E-state index in [1.807, 2.05) is 0 Å². The fourth-order valence-corrected chi connectivity index (χ4v) is 2.70. The van der Waals surface area contributed by atoms with Gasteiger partial charge in [0.15, 0.2) is 9.84 Å². The second kappa shape index (κ2) is 5.60. The topological polar surface area (TPSA) is 60.2 Å². The summed E-state index contributed by atoms with van der Waals surface area (Å²) in [6, 6.07) is -0.272. The van der Waals surface area contributed by atoms with E-state index in [-0.39, 0.29) is 11.8 Å². The molecule has 0 amide bonds. The van der Waals surface area contributed by atoms with Gasteiger partial charge in [-0.15, -0.1) is 0 Å². The first kappa shape index (κ1) is 12.9. The second-order valence-electron chi connectivity index (χ2n) is 3.64. The van der Waals surface area contributed by atoms with Crippen molar-refractivity contribution in [3.05, 3.63) is 0 Å². The molecule has 0 aromatic heterocycles. The molecule has 0 fully saturated rings. The third-order valence-corrected chi connectivity index (χ3v) is 4.76. The van der Waals surface area contributed by atoms with Crippen LogP contribution in [0.5, 0.6) is 0 Å². The van der Waals surface area contributed by atoms with Crippen molar-refractivity contribution in [1.29, 1.82) is 0 Å².